The van der Waals surface area contributed by atoms with E-state index in [2.05, 4.69) is 21.2 Å². The molecule has 1 N–H and O–H groups in total. The summed E-state index contributed by atoms with van der Waals surface area (Å²) in [7, 11) is 0. The fourth-order valence-corrected chi connectivity index (χ4v) is 1.63. The molecule has 0 fully saturated rings. The minimum absolute atomic E-state index is 0.123. The number of nitrogens with zero attached hydrogens (tertiary/aromatic N) is 1. The van der Waals surface area contributed by atoms with E-state index in [1.54, 1.807) is 0 Å². The van der Waals surface area contributed by atoms with Crippen molar-refractivity contribution in [2.45, 2.75) is 19.8 Å². The van der Waals surface area contributed by atoms with E-state index < -0.39 is 0 Å². The lowest BCUT2D eigenvalue weighted by Crippen LogP contribution is -2.11. The Balaban J connectivity index is 2.65. The van der Waals surface area contributed by atoms with Gasteiger partial charge in [0.15, 0.2) is 0 Å². The molecule has 0 radical (unpaired) electrons. The molecular formula is C11H11BrN2O. The van der Waals surface area contributed by atoms with E-state index in [1.807, 2.05) is 31.2 Å². The van der Waals surface area contributed by atoms with Crippen molar-refractivity contribution in [2.24, 2.45) is 0 Å². The summed E-state index contributed by atoms with van der Waals surface area (Å²) >= 11 is 3.35. The van der Waals surface area contributed by atoms with Crippen LogP contribution in [0.3, 0.4) is 0 Å². The number of hydrogen-bond acceptors (Lipinski definition) is 2. The summed E-state index contributed by atoms with van der Waals surface area (Å²) in [5.74, 6) is -0.123. The van der Waals surface area contributed by atoms with Gasteiger partial charge in [0.2, 0.25) is 5.91 Å². The summed E-state index contributed by atoms with van der Waals surface area (Å²) in [6.45, 7) is 1.92. The van der Waals surface area contributed by atoms with E-state index in [9.17, 15) is 4.79 Å². The number of carbonyl (C=O) groups excluding carboxylic acids is 1. The van der Waals surface area contributed by atoms with Crippen LogP contribution in [0.15, 0.2) is 22.7 Å². The van der Waals surface area contributed by atoms with E-state index in [0.29, 0.717) is 0 Å². The van der Waals surface area contributed by atoms with Gasteiger partial charge in [-0.15, -0.1) is 0 Å². The van der Waals surface area contributed by atoms with Crippen LogP contribution in [0.5, 0.6) is 0 Å². The van der Waals surface area contributed by atoms with E-state index >= 15 is 0 Å². The quantitative estimate of drug-likeness (QED) is 0.915. The molecule has 1 aromatic carbocycles. The van der Waals surface area contributed by atoms with Crippen LogP contribution in [0.4, 0.5) is 5.69 Å². The number of halogens is 1. The standard InChI is InChI=1S/C11H11BrN2O/c1-8-7-9(12)4-5-10(8)14-11(15)3-2-6-13/h4-5,7H,2-3H2,1H3,(H,14,15). The van der Waals surface area contributed by atoms with Gasteiger partial charge in [-0.1, -0.05) is 15.9 Å². The normalized spacial score (nSPS) is 9.40. The minimum Gasteiger partial charge on any atom is -0.326 e. The first-order chi connectivity index (χ1) is 7.13. The predicted octanol–water partition coefficient (Wildman–Crippen LogP) is 3.00. The Morgan fingerprint density at radius 2 is 2.33 bits per heavy atom. The van der Waals surface area contributed by atoms with Crippen LogP contribution in [0, 0.1) is 18.3 Å². The Kier molecular flexibility index (Phi) is 4.32. The van der Waals surface area contributed by atoms with Gasteiger partial charge in [0.1, 0.15) is 0 Å². The molecule has 1 aromatic rings. The van der Waals surface area contributed by atoms with Crippen LogP contribution in [-0.2, 0) is 4.79 Å². The van der Waals surface area contributed by atoms with Crippen LogP contribution in [0.2, 0.25) is 0 Å². The first-order valence-electron chi connectivity index (χ1n) is 4.56. The molecule has 0 aliphatic rings. The molecule has 0 atom stereocenters. The number of hydrogen-bond donors (Lipinski definition) is 1. The number of rotatable bonds is 3. The van der Waals surface area contributed by atoms with Crippen molar-refractivity contribution >= 4 is 27.5 Å². The highest BCUT2D eigenvalue weighted by molar-refractivity contribution is 9.10. The third kappa shape index (κ3) is 3.72. The topological polar surface area (TPSA) is 52.9 Å². The molecule has 0 spiro atoms. The summed E-state index contributed by atoms with van der Waals surface area (Å²) in [6, 6.07) is 7.58. The fraction of sp³-hybridized carbons (Fsp3) is 0.273. The summed E-state index contributed by atoms with van der Waals surface area (Å²) in [5.41, 5.74) is 1.79. The van der Waals surface area contributed by atoms with Gasteiger partial charge in [0, 0.05) is 23.0 Å². The van der Waals surface area contributed by atoms with Crippen LogP contribution >= 0.6 is 15.9 Å². The van der Waals surface area contributed by atoms with Gasteiger partial charge in [-0.25, -0.2) is 0 Å². The van der Waals surface area contributed by atoms with Gasteiger partial charge in [0.25, 0.3) is 0 Å². The smallest absolute Gasteiger partial charge is 0.225 e. The fourth-order valence-electron chi connectivity index (χ4n) is 1.15. The number of amides is 1. The summed E-state index contributed by atoms with van der Waals surface area (Å²) in [5, 5.41) is 11.1. The molecule has 0 aliphatic heterocycles. The van der Waals surface area contributed by atoms with Gasteiger partial charge in [-0.3, -0.25) is 4.79 Å². The Morgan fingerprint density at radius 1 is 1.60 bits per heavy atom. The lowest BCUT2D eigenvalue weighted by Gasteiger charge is -2.07. The van der Waals surface area contributed by atoms with Gasteiger partial charge >= 0.3 is 0 Å². The maximum atomic E-state index is 11.3. The molecule has 0 saturated carbocycles. The Labute approximate surface area is 97.2 Å². The highest BCUT2D eigenvalue weighted by Gasteiger charge is 2.04. The van der Waals surface area contributed by atoms with E-state index in [-0.39, 0.29) is 18.7 Å². The highest BCUT2D eigenvalue weighted by Crippen LogP contribution is 2.20. The van der Waals surface area contributed by atoms with Gasteiger partial charge in [-0.05, 0) is 30.7 Å². The Morgan fingerprint density at radius 3 is 2.93 bits per heavy atom. The maximum absolute atomic E-state index is 11.3. The van der Waals surface area contributed by atoms with Crippen molar-refractivity contribution in [2.75, 3.05) is 5.32 Å². The molecule has 1 rings (SSSR count). The van der Waals surface area contributed by atoms with Crippen molar-refractivity contribution in [1.82, 2.24) is 0 Å². The average molecular weight is 267 g/mol. The molecule has 0 saturated heterocycles. The van der Waals surface area contributed by atoms with E-state index in [1.165, 1.54) is 0 Å². The average Bonchev–Trinajstić information content (AvgIpc) is 2.19. The third-order valence-corrected chi connectivity index (χ3v) is 2.42. The first kappa shape index (κ1) is 11.7. The molecule has 4 heteroatoms. The number of benzene rings is 1. The van der Waals surface area contributed by atoms with Crippen molar-refractivity contribution in [1.29, 1.82) is 5.26 Å². The lowest BCUT2D eigenvalue weighted by atomic mass is 10.2. The van der Waals surface area contributed by atoms with Gasteiger partial charge in [0.05, 0.1) is 6.07 Å². The van der Waals surface area contributed by atoms with Crippen molar-refractivity contribution < 1.29 is 4.79 Å². The zero-order chi connectivity index (χ0) is 11.3. The van der Waals surface area contributed by atoms with Crippen molar-refractivity contribution in [3.8, 4) is 6.07 Å². The minimum atomic E-state index is -0.123. The van der Waals surface area contributed by atoms with Crippen LogP contribution in [-0.4, -0.2) is 5.91 Å². The molecular weight excluding hydrogens is 256 g/mol. The van der Waals surface area contributed by atoms with E-state index in [4.69, 9.17) is 5.26 Å². The van der Waals surface area contributed by atoms with E-state index in [0.717, 1.165) is 15.7 Å². The Hall–Kier alpha value is -1.34. The molecule has 15 heavy (non-hydrogen) atoms. The van der Waals surface area contributed by atoms with Crippen LogP contribution in [0.1, 0.15) is 18.4 Å². The maximum Gasteiger partial charge on any atom is 0.225 e. The molecule has 3 nitrogen and oxygen atoms in total. The largest absolute Gasteiger partial charge is 0.326 e. The SMILES string of the molecule is Cc1cc(Br)ccc1NC(=O)CCC#N. The molecule has 0 heterocycles. The summed E-state index contributed by atoms with van der Waals surface area (Å²) in [6.07, 6.45) is 0.493. The number of carbonyl (C=O) groups is 1. The second-order valence-corrected chi connectivity index (χ2v) is 4.08. The second-order valence-electron chi connectivity index (χ2n) is 3.17. The lowest BCUT2D eigenvalue weighted by molar-refractivity contribution is -0.116. The number of nitrogens with one attached hydrogen (secondary N) is 1. The molecule has 0 unspecified atom stereocenters. The monoisotopic (exact) mass is 266 g/mol. The third-order valence-electron chi connectivity index (χ3n) is 1.93. The number of nitriles is 1. The van der Waals surface area contributed by atoms with Crippen LogP contribution in [0.25, 0.3) is 0 Å². The summed E-state index contributed by atoms with van der Waals surface area (Å²) in [4.78, 5) is 11.3. The number of aryl methyl sites for hydroxylation is 1. The highest BCUT2D eigenvalue weighted by atomic mass is 79.9. The molecule has 78 valence electrons. The van der Waals surface area contributed by atoms with Gasteiger partial charge < -0.3 is 5.32 Å². The van der Waals surface area contributed by atoms with Crippen LogP contribution < -0.4 is 5.32 Å². The molecule has 0 aliphatic carbocycles. The van der Waals surface area contributed by atoms with Crippen molar-refractivity contribution in [3.63, 3.8) is 0 Å². The molecule has 0 aromatic heterocycles. The number of anilines is 1. The second kappa shape index (κ2) is 5.52. The molecule has 0 bridgehead atoms. The van der Waals surface area contributed by atoms with Gasteiger partial charge in [-0.2, -0.15) is 5.26 Å². The summed E-state index contributed by atoms with van der Waals surface area (Å²) < 4.78 is 0.982. The van der Waals surface area contributed by atoms with Crippen molar-refractivity contribution in [3.05, 3.63) is 28.2 Å². The molecule has 1 amide bonds. The zero-order valence-corrected chi connectivity index (χ0v) is 9.97. The first-order valence-corrected chi connectivity index (χ1v) is 5.35. The predicted molar refractivity (Wildman–Crippen MR) is 62.4 cm³/mol. The zero-order valence-electron chi connectivity index (χ0n) is 8.38. The Bertz CT molecular complexity index is 410.